The molecule has 18 heavy (non-hydrogen) atoms. The Balaban J connectivity index is 2.07. The fourth-order valence-corrected chi connectivity index (χ4v) is 3.51. The minimum atomic E-state index is 0.188. The number of aliphatic imine (C=N–C) groups is 1. The first-order valence-corrected chi connectivity index (χ1v) is 7.56. The topological polar surface area (TPSA) is 37.3 Å². The van der Waals surface area contributed by atoms with E-state index in [1.165, 1.54) is 5.56 Å². The van der Waals surface area contributed by atoms with Gasteiger partial charge in [0.2, 0.25) is 0 Å². The Hall–Kier alpha value is -1.03. The number of amidine groups is 1. The van der Waals surface area contributed by atoms with Gasteiger partial charge in [0, 0.05) is 23.7 Å². The highest BCUT2D eigenvalue weighted by Crippen LogP contribution is 2.30. The Kier molecular flexibility index (Phi) is 4.27. The first-order chi connectivity index (χ1) is 8.69. The second-order valence-corrected chi connectivity index (χ2v) is 5.76. The van der Waals surface area contributed by atoms with Crippen LogP contribution in [0.1, 0.15) is 45.2 Å². The van der Waals surface area contributed by atoms with Gasteiger partial charge >= 0.3 is 0 Å². The lowest BCUT2D eigenvalue weighted by molar-refractivity contribution is 0.407. The molecule has 0 amide bonds. The summed E-state index contributed by atoms with van der Waals surface area (Å²) in [6.45, 7) is 6.61. The van der Waals surface area contributed by atoms with Crippen LogP contribution in [0.5, 0.6) is 0 Å². The molecule has 1 fully saturated rings. The number of thioether (sulfide) groups is 1. The molecule has 0 radical (unpaired) electrons. The second-order valence-electron chi connectivity index (χ2n) is 4.79. The molecule has 1 N–H and O–H groups in total. The predicted molar refractivity (Wildman–Crippen MR) is 79.0 cm³/mol. The minimum Gasteiger partial charge on any atom is -0.359 e. The lowest BCUT2D eigenvalue weighted by Crippen LogP contribution is -2.42. The third-order valence-electron chi connectivity index (χ3n) is 3.71. The fraction of sp³-hybridized carbons (Fsp3) is 0.571. The molecule has 1 unspecified atom stereocenters. The van der Waals surface area contributed by atoms with Gasteiger partial charge < -0.3 is 5.32 Å². The standard InChI is InChI=1S/C14H21N3S/c1-4-14(5-2)10-18-13(17-14)16-11(3)12-6-8-15-9-7-12/h6-9,11H,4-5,10H2,1-3H3,(H,16,17). The normalized spacial score (nSPS) is 21.8. The van der Waals surface area contributed by atoms with Crippen LogP contribution in [-0.2, 0) is 0 Å². The van der Waals surface area contributed by atoms with Crippen molar-refractivity contribution in [1.82, 2.24) is 10.3 Å². The van der Waals surface area contributed by atoms with Crippen molar-refractivity contribution < 1.29 is 0 Å². The average molecular weight is 263 g/mol. The second kappa shape index (κ2) is 5.74. The van der Waals surface area contributed by atoms with Gasteiger partial charge in [-0.3, -0.25) is 9.98 Å². The Morgan fingerprint density at radius 1 is 1.39 bits per heavy atom. The van der Waals surface area contributed by atoms with Crippen LogP contribution in [0.2, 0.25) is 0 Å². The van der Waals surface area contributed by atoms with Crippen LogP contribution in [0.4, 0.5) is 0 Å². The van der Waals surface area contributed by atoms with Gasteiger partial charge in [-0.05, 0) is 37.5 Å². The summed E-state index contributed by atoms with van der Waals surface area (Å²) in [5.41, 5.74) is 1.46. The van der Waals surface area contributed by atoms with Gasteiger partial charge in [-0.25, -0.2) is 0 Å². The first kappa shape index (κ1) is 13.4. The number of hydrogen-bond acceptors (Lipinski definition) is 3. The zero-order chi connectivity index (χ0) is 13.0. The van der Waals surface area contributed by atoms with Crippen molar-refractivity contribution in [2.24, 2.45) is 4.99 Å². The molecule has 1 aromatic rings. The SMILES string of the molecule is CCC1(CC)CSC(=NC(C)c2ccncc2)N1. The summed E-state index contributed by atoms with van der Waals surface area (Å²) in [7, 11) is 0. The summed E-state index contributed by atoms with van der Waals surface area (Å²) >= 11 is 1.84. The Morgan fingerprint density at radius 2 is 2.06 bits per heavy atom. The third-order valence-corrected chi connectivity index (χ3v) is 4.89. The molecule has 2 heterocycles. The molecule has 1 aliphatic rings. The molecule has 0 bridgehead atoms. The highest BCUT2D eigenvalue weighted by molar-refractivity contribution is 8.14. The van der Waals surface area contributed by atoms with Crippen molar-refractivity contribution in [3.8, 4) is 0 Å². The molecule has 2 rings (SSSR count). The Bertz CT molecular complexity index is 412. The van der Waals surface area contributed by atoms with Crippen molar-refractivity contribution in [3.63, 3.8) is 0 Å². The number of hydrogen-bond donors (Lipinski definition) is 1. The molecule has 0 aliphatic carbocycles. The first-order valence-electron chi connectivity index (χ1n) is 6.58. The lowest BCUT2D eigenvalue weighted by atomic mass is 9.96. The van der Waals surface area contributed by atoms with Gasteiger partial charge in [0.25, 0.3) is 0 Å². The Morgan fingerprint density at radius 3 is 2.61 bits per heavy atom. The van der Waals surface area contributed by atoms with Crippen molar-refractivity contribution in [2.45, 2.75) is 45.2 Å². The molecule has 1 aromatic heterocycles. The van der Waals surface area contributed by atoms with Crippen LogP contribution in [0.3, 0.4) is 0 Å². The smallest absolute Gasteiger partial charge is 0.157 e. The number of rotatable bonds is 4. The van der Waals surface area contributed by atoms with E-state index in [4.69, 9.17) is 4.99 Å². The van der Waals surface area contributed by atoms with Gasteiger partial charge in [-0.2, -0.15) is 0 Å². The fourth-order valence-electron chi connectivity index (χ4n) is 2.10. The molecule has 0 spiro atoms. The van der Waals surface area contributed by atoms with Crippen LogP contribution in [0, 0.1) is 0 Å². The van der Waals surface area contributed by atoms with Gasteiger partial charge in [0.05, 0.1) is 6.04 Å². The maximum atomic E-state index is 4.78. The van der Waals surface area contributed by atoms with E-state index in [-0.39, 0.29) is 11.6 Å². The molecule has 98 valence electrons. The highest BCUT2D eigenvalue weighted by atomic mass is 32.2. The quantitative estimate of drug-likeness (QED) is 0.904. The molecular weight excluding hydrogens is 242 g/mol. The van der Waals surface area contributed by atoms with Gasteiger partial charge in [-0.15, -0.1) is 0 Å². The minimum absolute atomic E-state index is 0.188. The van der Waals surface area contributed by atoms with Crippen molar-refractivity contribution in [1.29, 1.82) is 0 Å². The molecule has 1 saturated heterocycles. The largest absolute Gasteiger partial charge is 0.359 e. The van der Waals surface area contributed by atoms with Gasteiger partial charge in [-0.1, -0.05) is 25.6 Å². The zero-order valence-electron chi connectivity index (χ0n) is 11.3. The summed E-state index contributed by atoms with van der Waals surface area (Å²) in [6, 6.07) is 4.25. The van der Waals surface area contributed by atoms with Crippen LogP contribution < -0.4 is 5.32 Å². The predicted octanol–water partition coefficient (Wildman–Crippen LogP) is 3.39. The van der Waals surface area contributed by atoms with E-state index in [9.17, 15) is 0 Å². The van der Waals surface area contributed by atoms with Crippen molar-refractivity contribution >= 4 is 16.9 Å². The van der Waals surface area contributed by atoms with Gasteiger partial charge in [0.1, 0.15) is 0 Å². The molecule has 0 saturated carbocycles. The van der Waals surface area contributed by atoms with E-state index < -0.39 is 0 Å². The monoisotopic (exact) mass is 263 g/mol. The van der Waals surface area contributed by atoms with E-state index in [0.717, 1.165) is 23.8 Å². The van der Waals surface area contributed by atoms with Crippen LogP contribution in [-0.4, -0.2) is 21.4 Å². The summed E-state index contributed by atoms with van der Waals surface area (Å²) in [5, 5.41) is 4.69. The molecule has 1 atom stereocenters. The maximum absolute atomic E-state index is 4.78. The molecular formula is C14H21N3S. The summed E-state index contributed by atoms with van der Waals surface area (Å²) in [6.07, 6.45) is 5.95. The maximum Gasteiger partial charge on any atom is 0.157 e. The van der Waals surface area contributed by atoms with Crippen molar-refractivity contribution in [3.05, 3.63) is 30.1 Å². The third kappa shape index (κ3) is 2.86. The average Bonchev–Trinajstić information content (AvgIpc) is 2.84. The zero-order valence-corrected chi connectivity index (χ0v) is 12.1. The molecule has 3 nitrogen and oxygen atoms in total. The summed E-state index contributed by atoms with van der Waals surface area (Å²) < 4.78 is 0. The highest BCUT2D eigenvalue weighted by Gasteiger charge is 2.33. The molecule has 1 aliphatic heterocycles. The van der Waals surface area contributed by atoms with E-state index in [0.29, 0.717) is 0 Å². The number of nitrogens with zero attached hydrogens (tertiary/aromatic N) is 2. The van der Waals surface area contributed by atoms with Crippen LogP contribution in [0.15, 0.2) is 29.5 Å². The van der Waals surface area contributed by atoms with Crippen molar-refractivity contribution in [2.75, 3.05) is 5.75 Å². The molecule has 0 aromatic carbocycles. The Labute approximate surface area is 113 Å². The van der Waals surface area contributed by atoms with Crippen LogP contribution in [0.25, 0.3) is 0 Å². The number of aromatic nitrogens is 1. The van der Waals surface area contributed by atoms with E-state index in [1.807, 2.05) is 36.3 Å². The van der Waals surface area contributed by atoms with Crippen LogP contribution >= 0.6 is 11.8 Å². The molecule has 4 heteroatoms. The summed E-state index contributed by atoms with van der Waals surface area (Å²) in [5.74, 6) is 1.13. The lowest BCUT2D eigenvalue weighted by Gasteiger charge is -2.25. The number of pyridine rings is 1. The van der Waals surface area contributed by atoms with E-state index in [2.05, 4.69) is 31.1 Å². The van der Waals surface area contributed by atoms with Gasteiger partial charge in [0.15, 0.2) is 5.17 Å². The number of nitrogens with one attached hydrogen (secondary N) is 1. The van der Waals surface area contributed by atoms with E-state index >= 15 is 0 Å². The van der Waals surface area contributed by atoms with E-state index in [1.54, 1.807) is 0 Å². The summed E-state index contributed by atoms with van der Waals surface area (Å²) in [4.78, 5) is 8.82.